The van der Waals surface area contributed by atoms with Gasteiger partial charge in [0.1, 0.15) is 0 Å². The molecule has 2 rings (SSSR count). The van der Waals surface area contributed by atoms with Crippen molar-refractivity contribution in [3.05, 3.63) is 63.9 Å². The molecule has 2 nitrogen and oxygen atoms in total. The molecule has 0 aliphatic carbocycles. The fourth-order valence-corrected chi connectivity index (χ4v) is 2.38. The van der Waals surface area contributed by atoms with Gasteiger partial charge in [0.2, 0.25) is 0 Å². The first-order chi connectivity index (χ1) is 9.92. The van der Waals surface area contributed by atoms with Crippen LogP contribution in [-0.2, 0) is 12.1 Å². The molecular weight excluding hydrogens is 333 g/mol. The van der Waals surface area contributed by atoms with Gasteiger partial charge in [-0.25, -0.2) is 4.39 Å². The van der Waals surface area contributed by atoms with Crippen molar-refractivity contribution in [3.63, 3.8) is 0 Å². The lowest BCUT2D eigenvalue weighted by molar-refractivity contribution is 0.383. The molecule has 0 unspecified atom stereocenters. The second-order valence-electron chi connectivity index (χ2n) is 5.45. The van der Waals surface area contributed by atoms with Crippen LogP contribution in [0.2, 0.25) is 0 Å². The second kappa shape index (κ2) is 6.58. The molecule has 0 aromatic heterocycles. The summed E-state index contributed by atoms with van der Waals surface area (Å²) in [6.07, 6.45) is 0. The van der Waals surface area contributed by atoms with Crippen LogP contribution in [0.5, 0.6) is 5.75 Å². The summed E-state index contributed by atoms with van der Waals surface area (Å²) in [6.45, 7) is 4.80. The molecule has 1 N–H and O–H groups in total. The van der Waals surface area contributed by atoms with E-state index in [1.165, 1.54) is 18.7 Å². The number of methoxy groups -OCH3 is 1. The maximum absolute atomic E-state index is 13.7. The first-order valence-corrected chi connectivity index (χ1v) is 7.55. The van der Waals surface area contributed by atoms with E-state index < -0.39 is 0 Å². The summed E-state index contributed by atoms with van der Waals surface area (Å²) >= 11 is 3.44. The molecule has 21 heavy (non-hydrogen) atoms. The van der Waals surface area contributed by atoms with Gasteiger partial charge in [-0.05, 0) is 49.2 Å². The fourth-order valence-electron chi connectivity index (χ4n) is 2.11. The lowest BCUT2D eigenvalue weighted by Crippen LogP contribution is -2.35. The molecule has 0 aliphatic heterocycles. The Labute approximate surface area is 133 Å². The first kappa shape index (κ1) is 16.0. The summed E-state index contributed by atoms with van der Waals surface area (Å²) < 4.78 is 19.7. The van der Waals surface area contributed by atoms with Gasteiger partial charge in [-0.3, -0.25) is 0 Å². The van der Waals surface area contributed by atoms with Crippen molar-refractivity contribution in [2.45, 2.75) is 25.9 Å². The average Bonchev–Trinajstić information content (AvgIpc) is 2.46. The Balaban J connectivity index is 2.07. The van der Waals surface area contributed by atoms with E-state index in [1.807, 2.05) is 18.2 Å². The van der Waals surface area contributed by atoms with Gasteiger partial charge in [0.05, 0.1) is 7.11 Å². The van der Waals surface area contributed by atoms with Gasteiger partial charge < -0.3 is 10.1 Å². The highest BCUT2D eigenvalue weighted by Crippen LogP contribution is 2.23. The third-order valence-corrected chi connectivity index (χ3v) is 4.05. The summed E-state index contributed by atoms with van der Waals surface area (Å²) in [7, 11) is 1.47. The zero-order chi connectivity index (χ0) is 15.5. The van der Waals surface area contributed by atoms with Crippen LogP contribution in [0.25, 0.3) is 0 Å². The smallest absolute Gasteiger partial charge is 0.165 e. The van der Waals surface area contributed by atoms with E-state index in [1.54, 1.807) is 6.07 Å². The Hall–Kier alpha value is -1.39. The minimum Gasteiger partial charge on any atom is -0.494 e. The topological polar surface area (TPSA) is 21.3 Å². The van der Waals surface area contributed by atoms with Crippen LogP contribution in [0.1, 0.15) is 25.0 Å². The predicted octanol–water partition coefficient (Wildman–Crippen LogP) is 4.62. The van der Waals surface area contributed by atoms with E-state index in [0.29, 0.717) is 6.54 Å². The summed E-state index contributed by atoms with van der Waals surface area (Å²) in [5.74, 6) is -0.0656. The standard InChI is InChI=1S/C17H19BrFNO/c1-17(2,13-5-7-14(18)8-6-13)20-11-12-4-9-16(21-3)15(19)10-12/h4-10,20H,11H2,1-3H3. The van der Waals surface area contributed by atoms with Crippen LogP contribution in [0.15, 0.2) is 46.9 Å². The molecule has 0 amide bonds. The van der Waals surface area contributed by atoms with E-state index in [4.69, 9.17) is 4.74 Å². The van der Waals surface area contributed by atoms with Crippen LogP contribution in [-0.4, -0.2) is 7.11 Å². The van der Waals surface area contributed by atoms with Crippen molar-refractivity contribution in [2.24, 2.45) is 0 Å². The molecule has 0 saturated heterocycles. The first-order valence-electron chi connectivity index (χ1n) is 6.76. The number of nitrogens with one attached hydrogen (secondary N) is 1. The third kappa shape index (κ3) is 4.05. The van der Waals surface area contributed by atoms with Crippen LogP contribution in [0.4, 0.5) is 4.39 Å². The zero-order valence-corrected chi connectivity index (χ0v) is 14.0. The molecule has 0 spiro atoms. The summed E-state index contributed by atoms with van der Waals surface area (Å²) in [5, 5.41) is 3.45. The normalized spacial score (nSPS) is 11.5. The zero-order valence-electron chi connectivity index (χ0n) is 12.4. The Morgan fingerprint density at radius 1 is 1.14 bits per heavy atom. The lowest BCUT2D eigenvalue weighted by Gasteiger charge is -2.27. The van der Waals surface area contributed by atoms with Crippen molar-refractivity contribution in [2.75, 3.05) is 7.11 Å². The van der Waals surface area contributed by atoms with Gasteiger partial charge in [0, 0.05) is 16.6 Å². The van der Waals surface area contributed by atoms with Crippen molar-refractivity contribution >= 4 is 15.9 Å². The van der Waals surface area contributed by atoms with Gasteiger partial charge >= 0.3 is 0 Å². The van der Waals surface area contributed by atoms with E-state index in [2.05, 4.69) is 47.2 Å². The molecule has 112 valence electrons. The number of rotatable bonds is 5. The van der Waals surface area contributed by atoms with Gasteiger partial charge in [-0.2, -0.15) is 0 Å². The van der Waals surface area contributed by atoms with E-state index in [9.17, 15) is 4.39 Å². The second-order valence-corrected chi connectivity index (χ2v) is 6.37. The van der Waals surface area contributed by atoms with Crippen molar-refractivity contribution in [1.82, 2.24) is 5.32 Å². The Morgan fingerprint density at radius 2 is 1.81 bits per heavy atom. The van der Waals surface area contributed by atoms with E-state index in [0.717, 1.165) is 10.0 Å². The molecule has 0 fully saturated rings. The predicted molar refractivity (Wildman–Crippen MR) is 87.0 cm³/mol. The van der Waals surface area contributed by atoms with Crippen LogP contribution < -0.4 is 10.1 Å². The maximum atomic E-state index is 13.7. The number of benzene rings is 2. The van der Waals surface area contributed by atoms with Crippen molar-refractivity contribution in [3.8, 4) is 5.75 Å². The summed E-state index contributed by atoms with van der Waals surface area (Å²) in [4.78, 5) is 0. The molecule has 0 bridgehead atoms. The number of halogens is 2. The summed E-state index contributed by atoms with van der Waals surface area (Å²) in [6, 6.07) is 13.2. The highest BCUT2D eigenvalue weighted by atomic mass is 79.9. The number of hydrogen-bond acceptors (Lipinski definition) is 2. The molecule has 0 aliphatic rings. The minimum absolute atomic E-state index is 0.197. The molecule has 2 aromatic carbocycles. The average molecular weight is 352 g/mol. The fraction of sp³-hybridized carbons (Fsp3) is 0.294. The largest absolute Gasteiger partial charge is 0.494 e. The minimum atomic E-state index is -0.335. The van der Waals surface area contributed by atoms with Crippen LogP contribution in [0, 0.1) is 5.82 Å². The van der Waals surface area contributed by atoms with E-state index in [-0.39, 0.29) is 17.1 Å². The SMILES string of the molecule is COc1ccc(CNC(C)(C)c2ccc(Br)cc2)cc1F. The number of ether oxygens (including phenoxy) is 1. The van der Waals surface area contributed by atoms with Crippen LogP contribution >= 0.6 is 15.9 Å². The Bertz CT molecular complexity index is 611. The third-order valence-electron chi connectivity index (χ3n) is 3.52. The maximum Gasteiger partial charge on any atom is 0.165 e. The Morgan fingerprint density at radius 3 is 2.38 bits per heavy atom. The highest BCUT2D eigenvalue weighted by molar-refractivity contribution is 9.10. The highest BCUT2D eigenvalue weighted by Gasteiger charge is 2.19. The molecule has 2 aromatic rings. The molecular formula is C17H19BrFNO. The lowest BCUT2D eigenvalue weighted by atomic mass is 9.94. The molecule has 0 atom stereocenters. The molecule has 4 heteroatoms. The van der Waals surface area contributed by atoms with Crippen molar-refractivity contribution in [1.29, 1.82) is 0 Å². The Kier molecular flexibility index (Phi) is 5.01. The quantitative estimate of drug-likeness (QED) is 0.848. The molecule has 0 heterocycles. The molecule has 0 saturated carbocycles. The van der Waals surface area contributed by atoms with Gasteiger partial charge in [-0.1, -0.05) is 34.1 Å². The summed E-state index contributed by atoms with van der Waals surface area (Å²) in [5.41, 5.74) is 1.87. The van der Waals surface area contributed by atoms with Gasteiger partial charge in [0.25, 0.3) is 0 Å². The van der Waals surface area contributed by atoms with Crippen LogP contribution in [0.3, 0.4) is 0 Å². The van der Waals surface area contributed by atoms with Gasteiger partial charge in [0.15, 0.2) is 11.6 Å². The van der Waals surface area contributed by atoms with E-state index >= 15 is 0 Å². The number of hydrogen-bond donors (Lipinski definition) is 1. The van der Waals surface area contributed by atoms with Crippen molar-refractivity contribution < 1.29 is 9.13 Å². The monoisotopic (exact) mass is 351 g/mol. The van der Waals surface area contributed by atoms with Gasteiger partial charge in [-0.15, -0.1) is 0 Å². The molecule has 0 radical (unpaired) electrons.